The molecule has 0 atom stereocenters. The maximum atomic E-state index is 11.9. The number of benzene rings is 1. The van der Waals surface area contributed by atoms with E-state index in [9.17, 15) is 9.59 Å². The highest BCUT2D eigenvalue weighted by atomic mass is 35.5. The van der Waals surface area contributed by atoms with Crippen molar-refractivity contribution >= 4 is 33.2 Å². The second-order valence-electron chi connectivity index (χ2n) is 3.71. The lowest BCUT2D eigenvalue weighted by molar-refractivity contribution is 0.776. The molecule has 2 heterocycles. The van der Waals surface area contributed by atoms with Crippen LogP contribution in [0.5, 0.6) is 0 Å². The molecule has 0 saturated carbocycles. The SMILES string of the molecule is Cn1c(=O)nc2sc3cccc(Cl)c3nc-2c1=O. The first-order chi connectivity index (χ1) is 8.58. The number of nitrogens with zero attached hydrogens (tertiary/aromatic N) is 3. The molecule has 1 aromatic carbocycles. The van der Waals surface area contributed by atoms with E-state index in [0.717, 1.165) is 9.27 Å². The Balaban J connectivity index is 2.59. The van der Waals surface area contributed by atoms with Crippen LogP contribution in [0.4, 0.5) is 0 Å². The van der Waals surface area contributed by atoms with E-state index in [4.69, 9.17) is 11.6 Å². The van der Waals surface area contributed by atoms with Gasteiger partial charge in [0.2, 0.25) is 0 Å². The standard InChI is InChI=1S/C11H6ClN3O2S/c1-15-10(16)8-9(14-11(15)17)18-6-4-2-3-5(12)7(6)13-8/h2-4H,1H3. The van der Waals surface area contributed by atoms with Crippen LogP contribution >= 0.6 is 22.9 Å². The fourth-order valence-electron chi connectivity index (χ4n) is 1.62. The molecule has 2 aliphatic rings. The first-order valence-electron chi connectivity index (χ1n) is 5.04. The van der Waals surface area contributed by atoms with Crippen LogP contribution in [-0.4, -0.2) is 14.5 Å². The van der Waals surface area contributed by atoms with E-state index in [2.05, 4.69) is 9.97 Å². The van der Waals surface area contributed by atoms with Gasteiger partial charge in [-0.25, -0.2) is 9.78 Å². The number of hydrogen-bond acceptors (Lipinski definition) is 5. The Morgan fingerprint density at radius 3 is 2.83 bits per heavy atom. The third kappa shape index (κ3) is 1.53. The number of aromatic nitrogens is 3. The number of fused-ring (bicyclic) bond motifs is 2. The summed E-state index contributed by atoms with van der Waals surface area (Å²) in [5, 5.41) is 0.803. The lowest BCUT2D eigenvalue weighted by Gasteiger charge is -2.06. The lowest BCUT2D eigenvalue weighted by atomic mass is 10.3. The van der Waals surface area contributed by atoms with Gasteiger partial charge in [-0.3, -0.25) is 9.36 Å². The molecule has 0 radical (unpaired) electrons. The third-order valence-corrected chi connectivity index (χ3v) is 3.91. The molecule has 2 aliphatic heterocycles. The molecule has 7 heteroatoms. The Hall–Kier alpha value is -1.79. The Bertz CT molecular complexity index is 855. The minimum atomic E-state index is -0.577. The first-order valence-corrected chi connectivity index (χ1v) is 6.23. The molecular weight excluding hydrogens is 274 g/mol. The summed E-state index contributed by atoms with van der Waals surface area (Å²) in [6, 6.07) is 5.31. The molecule has 0 aliphatic carbocycles. The molecule has 1 aromatic rings. The highest BCUT2D eigenvalue weighted by Crippen LogP contribution is 2.29. The summed E-state index contributed by atoms with van der Waals surface area (Å²) < 4.78 is 1.72. The molecule has 0 saturated heterocycles. The first kappa shape index (κ1) is 11.3. The average molecular weight is 280 g/mol. The Kier molecular flexibility index (Phi) is 2.42. The van der Waals surface area contributed by atoms with Crippen LogP contribution in [0.2, 0.25) is 5.02 Å². The zero-order valence-corrected chi connectivity index (χ0v) is 10.7. The van der Waals surface area contributed by atoms with Crippen molar-refractivity contribution in [2.75, 3.05) is 0 Å². The van der Waals surface area contributed by atoms with E-state index in [1.54, 1.807) is 12.1 Å². The second kappa shape index (κ2) is 3.86. The fraction of sp³-hybridized carbons (Fsp3) is 0.0909. The van der Waals surface area contributed by atoms with Crippen molar-refractivity contribution in [3.8, 4) is 10.7 Å². The van der Waals surface area contributed by atoms with E-state index in [1.807, 2.05) is 6.07 Å². The van der Waals surface area contributed by atoms with Crippen LogP contribution in [0.25, 0.3) is 20.9 Å². The van der Waals surface area contributed by atoms with Gasteiger partial charge in [-0.15, -0.1) is 11.3 Å². The maximum absolute atomic E-state index is 11.9. The van der Waals surface area contributed by atoms with Crippen molar-refractivity contribution in [1.82, 2.24) is 14.5 Å². The fourth-order valence-corrected chi connectivity index (χ4v) is 2.85. The highest BCUT2D eigenvalue weighted by molar-refractivity contribution is 7.21. The number of rotatable bonds is 0. The Labute approximate surface area is 110 Å². The molecular formula is C11H6ClN3O2S. The molecule has 0 spiro atoms. The molecule has 0 unspecified atom stereocenters. The van der Waals surface area contributed by atoms with Gasteiger partial charge >= 0.3 is 5.69 Å². The number of hydrogen-bond donors (Lipinski definition) is 0. The van der Waals surface area contributed by atoms with Gasteiger partial charge in [-0.2, -0.15) is 4.98 Å². The number of halogens is 1. The van der Waals surface area contributed by atoms with E-state index in [0.29, 0.717) is 15.5 Å². The predicted molar refractivity (Wildman–Crippen MR) is 70.6 cm³/mol. The minimum absolute atomic E-state index is 0.169. The van der Waals surface area contributed by atoms with Gasteiger partial charge in [0.15, 0.2) is 10.7 Å². The molecule has 5 nitrogen and oxygen atoms in total. The van der Waals surface area contributed by atoms with Crippen LogP contribution in [0.15, 0.2) is 27.8 Å². The highest BCUT2D eigenvalue weighted by Gasteiger charge is 2.16. The average Bonchev–Trinajstić information content (AvgIpc) is 2.35. The Morgan fingerprint density at radius 2 is 2.06 bits per heavy atom. The molecule has 0 amide bonds. The van der Waals surface area contributed by atoms with Crippen LogP contribution in [0, 0.1) is 0 Å². The normalized spacial score (nSPS) is 11.2. The molecule has 0 fully saturated rings. The minimum Gasteiger partial charge on any atom is -0.267 e. The smallest absolute Gasteiger partial charge is 0.267 e. The largest absolute Gasteiger partial charge is 0.351 e. The Morgan fingerprint density at radius 1 is 1.28 bits per heavy atom. The quantitative estimate of drug-likeness (QED) is 0.585. The lowest BCUT2D eigenvalue weighted by Crippen LogP contribution is -2.34. The summed E-state index contributed by atoms with van der Waals surface area (Å²) in [6.45, 7) is 0. The van der Waals surface area contributed by atoms with Crippen molar-refractivity contribution in [2.45, 2.75) is 0 Å². The van der Waals surface area contributed by atoms with Crippen molar-refractivity contribution in [3.63, 3.8) is 0 Å². The molecule has 0 aromatic heterocycles. The van der Waals surface area contributed by atoms with E-state index in [-0.39, 0.29) is 5.69 Å². The predicted octanol–water partition coefficient (Wildman–Crippen LogP) is 1.51. The number of para-hydroxylation sites is 1. The van der Waals surface area contributed by atoms with Gasteiger partial charge in [0.1, 0.15) is 0 Å². The van der Waals surface area contributed by atoms with Gasteiger partial charge in [0, 0.05) is 7.05 Å². The van der Waals surface area contributed by atoms with Crippen molar-refractivity contribution in [1.29, 1.82) is 0 Å². The van der Waals surface area contributed by atoms with E-state index < -0.39 is 11.2 Å². The van der Waals surface area contributed by atoms with Crippen LogP contribution in [0.3, 0.4) is 0 Å². The van der Waals surface area contributed by atoms with Gasteiger partial charge < -0.3 is 0 Å². The van der Waals surface area contributed by atoms with E-state index in [1.165, 1.54) is 18.4 Å². The van der Waals surface area contributed by atoms with Crippen LogP contribution in [0.1, 0.15) is 0 Å². The zero-order chi connectivity index (χ0) is 12.9. The summed E-state index contributed by atoms with van der Waals surface area (Å²) in [5.41, 5.74) is -0.313. The molecule has 90 valence electrons. The summed E-state index contributed by atoms with van der Waals surface area (Å²) in [5.74, 6) is 0. The molecule has 18 heavy (non-hydrogen) atoms. The third-order valence-electron chi connectivity index (χ3n) is 2.57. The monoisotopic (exact) mass is 279 g/mol. The van der Waals surface area contributed by atoms with Gasteiger partial charge in [0.05, 0.1) is 15.2 Å². The second-order valence-corrected chi connectivity index (χ2v) is 5.15. The van der Waals surface area contributed by atoms with Crippen LogP contribution in [-0.2, 0) is 7.05 Å². The molecule has 0 bridgehead atoms. The van der Waals surface area contributed by atoms with E-state index >= 15 is 0 Å². The van der Waals surface area contributed by atoms with Gasteiger partial charge in [0.25, 0.3) is 5.56 Å². The summed E-state index contributed by atoms with van der Waals surface area (Å²) >= 11 is 7.27. The van der Waals surface area contributed by atoms with Crippen molar-refractivity contribution < 1.29 is 0 Å². The topological polar surface area (TPSA) is 64.8 Å². The summed E-state index contributed by atoms with van der Waals surface area (Å²) in [4.78, 5) is 31.4. The van der Waals surface area contributed by atoms with Gasteiger partial charge in [-0.1, -0.05) is 17.7 Å². The van der Waals surface area contributed by atoms with Crippen molar-refractivity contribution in [2.24, 2.45) is 7.05 Å². The molecule has 0 N–H and O–H groups in total. The maximum Gasteiger partial charge on any atom is 0.351 e. The van der Waals surface area contributed by atoms with Crippen molar-refractivity contribution in [3.05, 3.63) is 44.1 Å². The summed E-state index contributed by atoms with van der Waals surface area (Å²) in [6.07, 6.45) is 0. The van der Waals surface area contributed by atoms with Crippen LogP contribution < -0.4 is 11.2 Å². The summed E-state index contributed by atoms with van der Waals surface area (Å²) in [7, 11) is 1.38. The zero-order valence-electron chi connectivity index (χ0n) is 9.18. The molecule has 3 rings (SSSR count). The van der Waals surface area contributed by atoms with Gasteiger partial charge in [-0.05, 0) is 12.1 Å².